The van der Waals surface area contributed by atoms with E-state index in [0.717, 1.165) is 48.4 Å². The van der Waals surface area contributed by atoms with Crippen LogP contribution in [0.3, 0.4) is 0 Å². The lowest BCUT2D eigenvalue weighted by molar-refractivity contribution is 0.198. The zero-order valence-corrected chi connectivity index (χ0v) is 26.6. The highest BCUT2D eigenvalue weighted by Crippen LogP contribution is 2.39. The van der Waals surface area contributed by atoms with Crippen LogP contribution in [0.4, 0.5) is 13.6 Å². The van der Waals surface area contributed by atoms with Crippen LogP contribution in [0, 0.1) is 11.6 Å². The fraction of sp³-hybridized carbons (Fsp3) is 0.333. The normalized spacial score (nSPS) is 13.7. The van der Waals surface area contributed by atoms with Crippen molar-refractivity contribution in [2.24, 2.45) is 0 Å². The highest BCUT2D eigenvalue weighted by Gasteiger charge is 2.30. The van der Waals surface area contributed by atoms with Crippen molar-refractivity contribution in [1.29, 1.82) is 0 Å². The number of aromatic nitrogens is 2. The van der Waals surface area contributed by atoms with Crippen LogP contribution >= 0.6 is 23.4 Å². The standard InChI is InChI=1S/C33H36ClF2N5O2S/c1-33(2,24-8-13-27(34)29(19-24)43-3)30-20-38-32(41(30)26-11-9-25(35)10-12-26)44-21-23-7-6-22(18-28(23)36)14-15-37-31(42)39-40-16-4-5-17-40/h6-13,18-20H,4-5,14-17,21H2,1-3H3,(H2,37,39,42). The van der Waals surface area contributed by atoms with Crippen molar-refractivity contribution in [3.63, 3.8) is 0 Å². The number of benzene rings is 3. The van der Waals surface area contributed by atoms with Gasteiger partial charge >= 0.3 is 6.03 Å². The number of methoxy groups -OCH3 is 1. The average molecular weight is 640 g/mol. The molecular formula is C33H36ClF2N5O2S. The topological polar surface area (TPSA) is 71.4 Å². The van der Waals surface area contributed by atoms with E-state index in [0.29, 0.717) is 40.2 Å². The van der Waals surface area contributed by atoms with Gasteiger partial charge < -0.3 is 10.1 Å². The molecular weight excluding hydrogens is 604 g/mol. The summed E-state index contributed by atoms with van der Waals surface area (Å²) >= 11 is 7.69. The van der Waals surface area contributed by atoms with Crippen molar-refractivity contribution >= 4 is 29.4 Å². The number of amides is 2. The number of imidazole rings is 1. The fourth-order valence-electron chi connectivity index (χ4n) is 5.25. The number of rotatable bonds is 11. The maximum absolute atomic E-state index is 15.2. The van der Waals surface area contributed by atoms with Crippen LogP contribution in [-0.2, 0) is 17.6 Å². The van der Waals surface area contributed by atoms with Crippen LogP contribution in [0.15, 0.2) is 72.0 Å². The second kappa shape index (κ2) is 14.0. The van der Waals surface area contributed by atoms with E-state index in [1.54, 1.807) is 37.6 Å². The number of halogens is 3. The molecule has 0 atom stereocenters. The summed E-state index contributed by atoms with van der Waals surface area (Å²) in [5, 5.41) is 5.90. The summed E-state index contributed by atoms with van der Waals surface area (Å²) in [5.74, 6) is 0.260. The molecule has 11 heteroatoms. The van der Waals surface area contributed by atoms with Crippen LogP contribution in [0.2, 0.25) is 5.02 Å². The van der Waals surface area contributed by atoms with Gasteiger partial charge in [-0.2, -0.15) is 0 Å². The van der Waals surface area contributed by atoms with Crippen molar-refractivity contribution < 1.29 is 18.3 Å². The molecule has 7 nitrogen and oxygen atoms in total. The Morgan fingerprint density at radius 2 is 1.82 bits per heavy atom. The van der Waals surface area contributed by atoms with Crippen molar-refractivity contribution in [1.82, 2.24) is 25.3 Å². The first-order valence-corrected chi connectivity index (χ1v) is 15.9. The Labute approximate surface area is 265 Å². The number of hydrogen-bond donors (Lipinski definition) is 2. The number of hydrogen-bond acceptors (Lipinski definition) is 5. The van der Waals surface area contributed by atoms with Crippen molar-refractivity contribution in [3.8, 4) is 11.4 Å². The van der Waals surface area contributed by atoms with E-state index in [1.807, 2.05) is 27.8 Å². The number of nitrogens with zero attached hydrogens (tertiary/aromatic N) is 3. The second-order valence-electron chi connectivity index (χ2n) is 11.2. The van der Waals surface area contributed by atoms with Crippen molar-refractivity contribution in [2.45, 2.75) is 49.4 Å². The molecule has 0 aliphatic carbocycles. The van der Waals surface area contributed by atoms with Crippen LogP contribution in [0.25, 0.3) is 5.69 Å². The summed E-state index contributed by atoms with van der Waals surface area (Å²) < 4.78 is 36.5. The van der Waals surface area contributed by atoms with Gasteiger partial charge in [0.1, 0.15) is 17.4 Å². The van der Waals surface area contributed by atoms with Gasteiger partial charge in [-0.25, -0.2) is 23.6 Å². The van der Waals surface area contributed by atoms with Crippen LogP contribution < -0.4 is 15.5 Å². The van der Waals surface area contributed by atoms with Gasteiger partial charge in [0.2, 0.25) is 0 Å². The minimum Gasteiger partial charge on any atom is -0.495 e. The zero-order valence-electron chi connectivity index (χ0n) is 25.0. The van der Waals surface area contributed by atoms with E-state index < -0.39 is 5.41 Å². The largest absolute Gasteiger partial charge is 0.495 e. The lowest BCUT2D eigenvalue weighted by Gasteiger charge is -2.28. The molecule has 0 bridgehead atoms. The first-order valence-electron chi connectivity index (χ1n) is 14.5. The van der Waals surface area contributed by atoms with Crippen LogP contribution in [0.5, 0.6) is 5.75 Å². The van der Waals surface area contributed by atoms with E-state index >= 15 is 4.39 Å². The Morgan fingerprint density at radius 3 is 2.52 bits per heavy atom. The molecule has 1 aromatic heterocycles. The smallest absolute Gasteiger partial charge is 0.329 e. The molecule has 0 spiro atoms. The third kappa shape index (κ3) is 7.36. The maximum Gasteiger partial charge on any atom is 0.329 e. The number of carbonyl (C=O) groups is 1. The molecule has 1 aliphatic heterocycles. The van der Waals surface area contributed by atoms with E-state index in [1.165, 1.54) is 30.0 Å². The molecule has 2 heterocycles. The minimum absolute atomic E-state index is 0.241. The van der Waals surface area contributed by atoms with Gasteiger partial charge in [0.15, 0.2) is 5.16 Å². The van der Waals surface area contributed by atoms with Gasteiger partial charge in [0.25, 0.3) is 0 Å². The lowest BCUT2D eigenvalue weighted by Crippen LogP contribution is -2.46. The summed E-state index contributed by atoms with van der Waals surface area (Å²) in [6.45, 7) is 6.27. The minimum atomic E-state index is -0.537. The van der Waals surface area contributed by atoms with Gasteiger partial charge in [0.05, 0.1) is 24.0 Å². The number of urea groups is 1. The molecule has 232 valence electrons. The fourth-order valence-corrected chi connectivity index (χ4v) is 6.43. The van der Waals surface area contributed by atoms with Gasteiger partial charge in [-0.15, -0.1) is 0 Å². The maximum atomic E-state index is 15.2. The first-order chi connectivity index (χ1) is 21.2. The second-order valence-corrected chi connectivity index (χ2v) is 12.6. The molecule has 1 saturated heterocycles. The molecule has 0 unspecified atom stereocenters. The number of thioether (sulfide) groups is 1. The van der Waals surface area contributed by atoms with E-state index in [4.69, 9.17) is 21.3 Å². The molecule has 44 heavy (non-hydrogen) atoms. The van der Waals surface area contributed by atoms with Crippen molar-refractivity contribution in [2.75, 3.05) is 26.7 Å². The van der Waals surface area contributed by atoms with Gasteiger partial charge in [-0.3, -0.25) is 9.99 Å². The molecule has 3 aromatic carbocycles. The Bertz CT molecular complexity index is 1610. The summed E-state index contributed by atoms with van der Waals surface area (Å²) in [6.07, 6.45) is 4.48. The molecule has 2 N–H and O–H groups in total. The summed E-state index contributed by atoms with van der Waals surface area (Å²) in [4.78, 5) is 16.8. The first kappa shape index (κ1) is 31.8. The van der Waals surface area contributed by atoms with Crippen LogP contribution in [-0.4, -0.2) is 47.3 Å². The predicted octanol–water partition coefficient (Wildman–Crippen LogP) is 7.28. The quantitative estimate of drug-likeness (QED) is 0.169. The van der Waals surface area contributed by atoms with Crippen LogP contribution in [0.1, 0.15) is 49.1 Å². The molecule has 0 saturated carbocycles. The molecule has 2 amide bonds. The predicted molar refractivity (Wildman–Crippen MR) is 171 cm³/mol. The number of ether oxygens (including phenoxy) is 1. The summed E-state index contributed by atoms with van der Waals surface area (Å²) in [7, 11) is 1.58. The zero-order chi connectivity index (χ0) is 31.3. The average Bonchev–Trinajstić information content (AvgIpc) is 3.68. The molecule has 0 radical (unpaired) electrons. The molecule has 4 aromatic rings. The number of hydrazine groups is 1. The highest BCUT2D eigenvalue weighted by molar-refractivity contribution is 7.98. The number of nitrogens with one attached hydrogen (secondary N) is 2. The van der Waals surface area contributed by atoms with Crippen molar-refractivity contribution in [3.05, 3.63) is 106 Å². The molecule has 1 aliphatic rings. The third-order valence-electron chi connectivity index (χ3n) is 7.87. The van der Waals surface area contributed by atoms with E-state index in [2.05, 4.69) is 24.6 Å². The molecule has 5 rings (SSSR count). The SMILES string of the molecule is COc1cc(C(C)(C)c2cnc(SCc3ccc(CCNC(=O)NN4CCCC4)cc3F)n2-c2ccc(F)cc2)ccc1Cl. The molecule has 1 fully saturated rings. The lowest BCUT2D eigenvalue weighted by atomic mass is 9.81. The van der Waals surface area contributed by atoms with Gasteiger partial charge in [-0.1, -0.05) is 55.4 Å². The Hall–Kier alpha value is -3.60. The number of carbonyl (C=O) groups excluding carboxylic acids is 1. The highest BCUT2D eigenvalue weighted by atomic mass is 35.5. The summed E-state index contributed by atoms with van der Waals surface area (Å²) in [5.41, 5.74) is 6.21. The summed E-state index contributed by atoms with van der Waals surface area (Å²) in [6, 6.07) is 16.8. The Morgan fingerprint density at radius 1 is 1.07 bits per heavy atom. The van der Waals surface area contributed by atoms with E-state index in [9.17, 15) is 9.18 Å². The van der Waals surface area contributed by atoms with Gasteiger partial charge in [-0.05, 0) is 78.4 Å². The Kier molecular flexibility index (Phi) is 10.1. The monoisotopic (exact) mass is 639 g/mol. The third-order valence-corrected chi connectivity index (χ3v) is 9.18. The van der Waals surface area contributed by atoms with E-state index in [-0.39, 0.29) is 17.7 Å². The van der Waals surface area contributed by atoms with Gasteiger partial charge in [0, 0.05) is 36.5 Å². The Balaban J connectivity index is 1.31.